The molecule has 1 fully saturated rings. The third kappa shape index (κ3) is 5.27. The van der Waals surface area contributed by atoms with E-state index in [0.717, 1.165) is 5.56 Å². The largest absolute Gasteiger partial charge is 0.497 e. The standard InChI is InChI=1S/C22H26FN3O4/c1-29-17-7-8-20(30-2)16(11-17)13-25-21(27)12-19-22(28)24-9-10-26(19)14-15-5-3-4-6-18(15)23/h3-8,11,19H,9-10,12-14H2,1-2H3,(H,24,28)(H,25,27). The van der Waals surface area contributed by atoms with Gasteiger partial charge in [0.25, 0.3) is 0 Å². The molecule has 0 aliphatic carbocycles. The number of rotatable bonds is 8. The van der Waals surface area contributed by atoms with E-state index in [1.165, 1.54) is 6.07 Å². The average Bonchev–Trinajstić information content (AvgIpc) is 2.76. The summed E-state index contributed by atoms with van der Waals surface area (Å²) in [5.74, 6) is 0.458. The maximum absolute atomic E-state index is 14.0. The van der Waals surface area contributed by atoms with Crippen LogP contribution in [0.3, 0.4) is 0 Å². The van der Waals surface area contributed by atoms with Crippen LogP contribution >= 0.6 is 0 Å². The summed E-state index contributed by atoms with van der Waals surface area (Å²) >= 11 is 0. The fraction of sp³-hybridized carbons (Fsp3) is 0.364. The maximum Gasteiger partial charge on any atom is 0.237 e. The fourth-order valence-corrected chi connectivity index (χ4v) is 3.48. The average molecular weight is 415 g/mol. The van der Waals surface area contributed by atoms with E-state index < -0.39 is 6.04 Å². The van der Waals surface area contributed by atoms with Gasteiger partial charge in [0, 0.05) is 37.3 Å². The summed E-state index contributed by atoms with van der Waals surface area (Å²) in [5.41, 5.74) is 1.26. The number of nitrogens with one attached hydrogen (secondary N) is 2. The zero-order valence-electron chi connectivity index (χ0n) is 17.1. The first-order valence-corrected chi connectivity index (χ1v) is 9.74. The van der Waals surface area contributed by atoms with E-state index in [1.54, 1.807) is 50.6 Å². The van der Waals surface area contributed by atoms with Crippen LogP contribution in [-0.4, -0.2) is 50.1 Å². The van der Waals surface area contributed by atoms with Gasteiger partial charge in [0.2, 0.25) is 11.8 Å². The van der Waals surface area contributed by atoms with Gasteiger partial charge >= 0.3 is 0 Å². The molecule has 3 rings (SSSR count). The summed E-state index contributed by atoms with van der Waals surface area (Å²) in [6.07, 6.45) is -0.0213. The van der Waals surface area contributed by atoms with Gasteiger partial charge in [0.05, 0.1) is 26.7 Å². The fourth-order valence-electron chi connectivity index (χ4n) is 3.48. The lowest BCUT2D eigenvalue weighted by Gasteiger charge is -2.34. The quantitative estimate of drug-likeness (QED) is 0.688. The predicted molar refractivity (Wildman–Crippen MR) is 110 cm³/mol. The van der Waals surface area contributed by atoms with Crippen molar-refractivity contribution in [2.24, 2.45) is 0 Å². The van der Waals surface area contributed by atoms with Crippen molar-refractivity contribution in [2.75, 3.05) is 27.3 Å². The first-order valence-electron chi connectivity index (χ1n) is 9.74. The molecule has 1 saturated heterocycles. The summed E-state index contributed by atoms with van der Waals surface area (Å²) in [5, 5.41) is 5.62. The van der Waals surface area contributed by atoms with Crippen molar-refractivity contribution in [3.05, 3.63) is 59.4 Å². The van der Waals surface area contributed by atoms with Crippen molar-refractivity contribution < 1.29 is 23.5 Å². The highest BCUT2D eigenvalue weighted by Crippen LogP contribution is 2.24. The van der Waals surface area contributed by atoms with Crippen molar-refractivity contribution in [3.8, 4) is 11.5 Å². The highest BCUT2D eigenvalue weighted by Gasteiger charge is 2.32. The van der Waals surface area contributed by atoms with E-state index in [1.807, 2.05) is 4.90 Å². The zero-order chi connectivity index (χ0) is 21.5. The first kappa shape index (κ1) is 21.6. The highest BCUT2D eigenvalue weighted by atomic mass is 19.1. The number of carbonyl (C=O) groups excluding carboxylic acids is 2. The molecule has 0 saturated carbocycles. The van der Waals surface area contributed by atoms with Gasteiger partial charge in [-0.25, -0.2) is 4.39 Å². The number of nitrogens with zero attached hydrogens (tertiary/aromatic N) is 1. The Morgan fingerprint density at radius 2 is 2.00 bits per heavy atom. The van der Waals surface area contributed by atoms with Gasteiger partial charge in [-0.05, 0) is 24.3 Å². The monoisotopic (exact) mass is 415 g/mol. The van der Waals surface area contributed by atoms with Crippen LogP contribution in [0.4, 0.5) is 4.39 Å². The molecule has 1 heterocycles. The third-order valence-electron chi connectivity index (χ3n) is 5.12. The Morgan fingerprint density at radius 3 is 2.73 bits per heavy atom. The van der Waals surface area contributed by atoms with Gasteiger partial charge in [0.1, 0.15) is 17.3 Å². The Balaban J connectivity index is 1.65. The summed E-state index contributed by atoms with van der Waals surface area (Å²) in [6.45, 7) is 1.51. The van der Waals surface area contributed by atoms with Crippen LogP contribution in [0.5, 0.6) is 11.5 Å². The Morgan fingerprint density at radius 1 is 1.20 bits per heavy atom. The van der Waals surface area contributed by atoms with E-state index in [-0.39, 0.29) is 37.1 Å². The number of methoxy groups -OCH3 is 2. The van der Waals surface area contributed by atoms with Gasteiger partial charge in [-0.1, -0.05) is 18.2 Å². The van der Waals surface area contributed by atoms with E-state index >= 15 is 0 Å². The highest BCUT2D eigenvalue weighted by molar-refractivity contribution is 5.88. The molecular formula is C22H26FN3O4. The van der Waals surface area contributed by atoms with Crippen molar-refractivity contribution in [2.45, 2.75) is 25.6 Å². The first-order chi connectivity index (χ1) is 14.5. The zero-order valence-corrected chi connectivity index (χ0v) is 17.1. The molecule has 30 heavy (non-hydrogen) atoms. The van der Waals surface area contributed by atoms with Gasteiger partial charge in [-0.2, -0.15) is 0 Å². The topological polar surface area (TPSA) is 79.9 Å². The predicted octanol–water partition coefficient (Wildman–Crippen LogP) is 1.85. The molecule has 1 atom stereocenters. The Kier molecular flexibility index (Phi) is 7.24. The number of carbonyl (C=O) groups is 2. The maximum atomic E-state index is 14.0. The molecule has 0 radical (unpaired) electrons. The van der Waals surface area contributed by atoms with Gasteiger partial charge < -0.3 is 20.1 Å². The second kappa shape index (κ2) is 10.1. The molecule has 0 spiro atoms. The normalized spacial score (nSPS) is 16.6. The van der Waals surface area contributed by atoms with Crippen LogP contribution in [0, 0.1) is 5.82 Å². The smallest absolute Gasteiger partial charge is 0.237 e. The molecule has 2 aromatic rings. The molecular weight excluding hydrogens is 389 g/mol. The molecule has 8 heteroatoms. The van der Waals surface area contributed by atoms with E-state index in [9.17, 15) is 14.0 Å². The molecule has 1 aliphatic heterocycles. The van der Waals surface area contributed by atoms with Crippen LogP contribution < -0.4 is 20.1 Å². The summed E-state index contributed by atoms with van der Waals surface area (Å²) in [7, 11) is 3.12. The molecule has 2 amide bonds. The Bertz CT molecular complexity index is 906. The molecule has 1 unspecified atom stereocenters. The Labute approximate surface area is 175 Å². The lowest BCUT2D eigenvalue weighted by Crippen LogP contribution is -2.56. The second-order valence-electron chi connectivity index (χ2n) is 7.03. The summed E-state index contributed by atoms with van der Waals surface area (Å²) in [4.78, 5) is 26.8. The lowest BCUT2D eigenvalue weighted by atomic mass is 10.1. The minimum Gasteiger partial charge on any atom is -0.497 e. The number of benzene rings is 2. The SMILES string of the molecule is COc1ccc(OC)c(CNC(=O)CC2C(=O)NCCN2Cc2ccccc2F)c1. The van der Waals surface area contributed by atoms with Crippen LogP contribution in [0.25, 0.3) is 0 Å². The van der Waals surface area contributed by atoms with Crippen LogP contribution in [-0.2, 0) is 22.7 Å². The minimum absolute atomic E-state index is 0.0213. The van der Waals surface area contributed by atoms with Crippen molar-refractivity contribution >= 4 is 11.8 Å². The van der Waals surface area contributed by atoms with E-state index in [2.05, 4.69) is 10.6 Å². The van der Waals surface area contributed by atoms with Gasteiger partial charge in [-0.3, -0.25) is 14.5 Å². The van der Waals surface area contributed by atoms with Crippen LogP contribution in [0.2, 0.25) is 0 Å². The van der Waals surface area contributed by atoms with E-state index in [4.69, 9.17) is 9.47 Å². The molecule has 0 aromatic heterocycles. The van der Waals surface area contributed by atoms with Gasteiger partial charge in [0.15, 0.2) is 0 Å². The van der Waals surface area contributed by atoms with Crippen molar-refractivity contribution in [1.82, 2.24) is 15.5 Å². The summed E-state index contributed by atoms with van der Waals surface area (Å²) in [6, 6.07) is 11.1. The minimum atomic E-state index is -0.662. The number of halogens is 1. The Hall–Kier alpha value is -3.13. The second-order valence-corrected chi connectivity index (χ2v) is 7.03. The molecule has 1 aliphatic rings. The molecule has 0 bridgehead atoms. The number of piperazine rings is 1. The number of amides is 2. The number of hydrogen-bond donors (Lipinski definition) is 2. The van der Waals surface area contributed by atoms with Crippen molar-refractivity contribution in [1.29, 1.82) is 0 Å². The molecule has 7 nitrogen and oxygen atoms in total. The van der Waals surface area contributed by atoms with Gasteiger partial charge in [-0.15, -0.1) is 0 Å². The third-order valence-corrected chi connectivity index (χ3v) is 5.12. The summed E-state index contributed by atoms with van der Waals surface area (Å²) < 4.78 is 24.6. The lowest BCUT2D eigenvalue weighted by molar-refractivity contribution is -0.134. The number of ether oxygens (including phenoxy) is 2. The van der Waals surface area contributed by atoms with Crippen LogP contribution in [0.15, 0.2) is 42.5 Å². The number of hydrogen-bond acceptors (Lipinski definition) is 5. The van der Waals surface area contributed by atoms with Crippen molar-refractivity contribution in [3.63, 3.8) is 0 Å². The molecule has 160 valence electrons. The van der Waals surface area contributed by atoms with E-state index in [0.29, 0.717) is 30.2 Å². The van der Waals surface area contributed by atoms with Crippen LogP contribution in [0.1, 0.15) is 17.5 Å². The molecule has 2 aromatic carbocycles. The molecule has 2 N–H and O–H groups in total.